The first-order chi connectivity index (χ1) is 19.3. The van der Waals surface area contributed by atoms with Crippen molar-refractivity contribution in [2.24, 2.45) is 5.73 Å². The lowest BCUT2D eigenvalue weighted by Crippen LogP contribution is -2.46. The number of allylic oxidation sites excluding steroid dienone is 4. The van der Waals surface area contributed by atoms with Gasteiger partial charge in [-0.3, -0.25) is 9.69 Å². The second-order valence-corrected chi connectivity index (χ2v) is 8.59. The van der Waals surface area contributed by atoms with E-state index in [9.17, 15) is 27.9 Å². The van der Waals surface area contributed by atoms with Gasteiger partial charge in [0.15, 0.2) is 11.6 Å². The molecule has 0 saturated heterocycles. The molecule has 41 heavy (non-hydrogen) atoms. The number of nitrogens with two attached hydrogens (primary N) is 1. The van der Waals surface area contributed by atoms with Gasteiger partial charge in [0, 0.05) is 38.7 Å². The van der Waals surface area contributed by atoms with Crippen molar-refractivity contribution in [2.75, 3.05) is 32.3 Å². The number of pyridine rings is 1. The quantitative estimate of drug-likeness (QED) is 0.181. The van der Waals surface area contributed by atoms with Crippen molar-refractivity contribution in [3.8, 4) is 5.75 Å². The van der Waals surface area contributed by atoms with Crippen LogP contribution in [-0.4, -0.2) is 61.6 Å². The standard InChI is InChI=1S/C27H26ClF4N3O6/c1-5-16(11-33)8-20(27(30,31)32)15(2)41-24-9-19(26(37)38)23(10-21(24)29)35(18(13-39-3)14-40-4)25(36)22-7-6-17(28)12-34-22/h5-12,18H,1-2,13-14,33H2,3-4H3,(H,37,38)/b16-11-,20-8+. The molecule has 0 bridgehead atoms. The van der Waals surface area contributed by atoms with Gasteiger partial charge in [0.2, 0.25) is 0 Å². The number of carboxylic acids is 1. The Bertz CT molecular complexity index is 1350. The molecule has 1 amide bonds. The van der Waals surface area contributed by atoms with Gasteiger partial charge in [-0.2, -0.15) is 13.2 Å². The van der Waals surface area contributed by atoms with E-state index in [0.717, 1.165) is 17.2 Å². The molecule has 3 N–H and O–H groups in total. The first kappa shape index (κ1) is 33.0. The zero-order chi connectivity index (χ0) is 30.9. The van der Waals surface area contributed by atoms with Crippen molar-refractivity contribution in [1.82, 2.24) is 4.98 Å². The molecule has 0 spiro atoms. The van der Waals surface area contributed by atoms with Crippen LogP contribution in [0.2, 0.25) is 5.02 Å². The third-order valence-electron chi connectivity index (χ3n) is 5.37. The molecule has 0 aliphatic rings. The van der Waals surface area contributed by atoms with E-state index in [1.807, 2.05) is 0 Å². The van der Waals surface area contributed by atoms with Gasteiger partial charge in [0.25, 0.3) is 5.91 Å². The summed E-state index contributed by atoms with van der Waals surface area (Å²) in [4.78, 5) is 30.7. The van der Waals surface area contributed by atoms with Crippen LogP contribution in [0.15, 0.2) is 78.9 Å². The van der Waals surface area contributed by atoms with Crippen LogP contribution in [0.1, 0.15) is 20.8 Å². The maximum Gasteiger partial charge on any atom is 0.419 e. The SMILES string of the molecule is C=CC(=C/N)/C=C(\C(=C)Oc1cc(C(=O)O)c(N(C(=O)c2ccc(Cl)cn2)C(COC)COC)cc1F)C(F)(F)F. The van der Waals surface area contributed by atoms with Gasteiger partial charge in [-0.15, -0.1) is 0 Å². The highest BCUT2D eigenvalue weighted by Gasteiger charge is 2.37. The molecule has 0 atom stereocenters. The van der Waals surface area contributed by atoms with Crippen molar-refractivity contribution in [3.05, 3.63) is 101 Å². The zero-order valence-corrected chi connectivity index (χ0v) is 22.6. The number of rotatable bonds is 13. The number of carbonyl (C=O) groups excluding carboxylic acids is 1. The van der Waals surface area contributed by atoms with Crippen molar-refractivity contribution >= 4 is 29.2 Å². The fourth-order valence-electron chi connectivity index (χ4n) is 3.52. The molecule has 1 aromatic carbocycles. The number of nitrogens with zero attached hydrogens (tertiary/aromatic N) is 2. The van der Waals surface area contributed by atoms with E-state index in [2.05, 4.69) is 18.1 Å². The highest BCUT2D eigenvalue weighted by molar-refractivity contribution is 6.30. The third kappa shape index (κ3) is 8.39. The number of anilines is 1. The van der Waals surface area contributed by atoms with E-state index in [0.29, 0.717) is 18.2 Å². The number of aromatic nitrogens is 1. The number of ether oxygens (including phenoxy) is 3. The lowest BCUT2D eigenvalue weighted by Gasteiger charge is -2.32. The summed E-state index contributed by atoms with van der Waals surface area (Å²) >= 11 is 5.85. The summed E-state index contributed by atoms with van der Waals surface area (Å²) < 4.78 is 71.9. The Balaban J connectivity index is 2.71. The van der Waals surface area contributed by atoms with Gasteiger partial charge in [0.1, 0.15) is 11.5 Å². The summed E-state index contributed by atoms with van der Waals surface area (Å²) in [5.41, 5.74) is 2.37. The van der Waals surface area contributed by atoms with Crippen LogP contribution in [0, 0.1) is 5.82 Å². The summed E-state index contributed by atoms with van der Waals surface area (Å²) in [6, 6.07) is 2.90. The number of benzene rings is 1. The summed E-state index contributed by atoms with van der Waals surface area (Å²) in [6.07, 6.45) is -1.38. The highest BCUT2D eigenvalue weighted by atomic mass is 35.5. The van der Waals surface area contributed by atoms with Crippen LogP contribution in [0.3, 0.4) is 0 Å². The van der Waals surface area contributed by atoms with Crippen LogP contribution in [0.4, 0.5) is 23.2 Å². The zero-order valence-electron chi connectivity index (χ0n) is 21.9. The number of aromatic carboxylic acids is 1. The molecule has 2 aromatic rings. The van der Waals surface area contributed by atoms with Gasteiger partial charge in [-0.05, 0) is 23.8 Å². The van der Waals surface area contributed by atoms with Gasteiger partial charge in [-0.1, -0.05) is 30.8 Å². The molecular formula is C27H26ClF4N3O6. The number of hydrogen-bond donors (Lipinski definition) is 2. The van der Waals surface area contributed by atoms with E-state index >= 15 is 4.39 Å². The number of halogens is 5. The second kappa shape index (κ2) is 14.4. The monoisotopic (exact) mass is 599 g/mol. The predicted molar refractivity (Wildman–Crippen MR) is 143 cm³/mol. The Morgan fingerprint density at radius 2 is 1.85 bits per heavy atom. The largest absolute Gasteiger partial charge is 0.478 e. The average molecular weight is 600 g/mol. The van der Waals surface area contributed by atoms with Crippen LogP contribution in [-0.2, 0) is 9.47 Å². The first-order valence-electron chi connectivity index (χ1n) is 11.5. The van der Waals surface area contributed by atoms with Gasteiger partial charge < -0.3 is 25.1 Å². The van der Waals surface area contributed by atoms with E-state index in [1.54, 1.807) is 0 Å². The second-order valence-electron chi connectivity index (χ2n) is 8.16. The van der Waals surface area contributed by atoms with Gasteiger partial charge in [0.05, 0.1) is 41.1 Å². The number of hydrogen-bond acceptors (Lipinski definition) is 7. The molecule has 1 aromatic heterocycles. The Morgan fingerprint density at radius 3 is 2.32 bits per heavy atom. The fourth-order valence-corrected chi connectivity index (χ4v) is 3.63. The van der Waals surface area contributed by atoms with E-state index in [-0.39, 0.29) is 29.5 Å². The Hall–Kier alpha value is -4.20. The van der Waals surface area contributed by atoms with Crippen molar-refractivity contribution < 1.29 is 46.5 Å². The number of methoxy groups -OCH3 is 2. The van der Waals surface area contributed by atoms with Crippen LogP contribution >= 0.6 is 11.6 Å². The van der Waals surface area contributed by atoms with Crippen LogP contribution in [0.5, 0.6) is 5.75 Å². The van der Waals surface area contributed by atoms with E-state index in [1.165, 1.54) is 32.5 Å². The number of carboxylic acid groups (broad SMARTS) is 1. The minimum absolute atomic E-state index is 0.142. The number of alkyl halides is 3. The van der Waals surface area contributed by atoms with E-state index in [4.69, 9.17) is 31.5 Å². The molecule has 9 nitrogen and oxygen atoms in total. The molecule has 0 unspecified atom stereocenters. The lowest BCUT2D eigenvalue weighted by molar-refractivity contribution is -0.0919. The summed E-state index contributed by atoms with van der Waals surface area (Å²) in [5.74, 6) is -5.79. The maximum absolute atomic E-state index is 15.4. The normalized spacial score (nSPS) is 12.3. The third-order valence-corrected chi connectivity index (χ3v) is 5.59. The number of carbonyl (C=O) groups is 2. The van der Waals surface area contributed by atoms with Gasteiger partial charge >= 0.3 is 12.1 Å². The molecule has 220 valence electrons. The van der Waals surface area contributed by atoms with Crippen molar-refractivity contribution in [3.63, 3.8) is 0 Å². The smallest absolute Gasteiger partial charge is 0.419 e. The molecule has 0 radical (unpaired) electrons. The molecule has 0 aliphatic carbocycles. The Morgan fingerprint density at radius 1 is 1.22 bits per heavy atom. The average Bonchev–Trinajstić information content (AvgIpc) is 2.90. The first-order valence-corrected chi connectivity index (χ1v) is 11.9. The summed E-state index contributed by atoms with van der Waals surface area (Å²) in [7, 11) is 2.63. The topological polar surface area (TPSA) is 124 Å². The molecule has 1 heterocycles. The lowest BCUT2D eigenvalue weighted by atomic mass is 10.1. The minimum Gasteiger partial charge on any atom is -0.478 e. The van der Waals surface area contributed by atoms with Gasteiger partial charge in [-0.25, -0.2) is 14.2 Å². The molecule has 14 heteroatoms. The minimum atomic E-state index is -5.01. The molecule has 2 rings (SSSR count). The Labute approximate surface area is 237 Å². The highest BCUT2D eigenvalue weighted by Crippen LogP contribution is 2.36. The van der Waals surface area contributed by atoms with Crippen molar-refractivity contribution in [1.29, 1.82) is 0 Å². The number of amides is 1. The van der Waals surface area contributed by atoms with Crippen molar-refractivity contribution in [2.45, 2.75) is 12.2 Å². The maximum atomic E-state index is 15.4. The van der Waals surface area contributed by atoms with Crippen LogP contribution in [0.25, 0.3) is 0 Å². The summed E-state index contributed by atoms with van der Waals surface area (Å²) in [6.45, 7) is 6.21. The fraction of sp³-hybridized carbons (Fsp3) is 0.222. The molecule has 0 saturated carbocycles. The molecule has 0 fully saturated rings. The Kier molecular flexibility index (Phi) is 11.6. The summed E-state index contributed by atoms with van der Waals surface area (Å²) in [5, 5.41) is 10.2. The molecular weight excluding hydrogens is 574 g/mol. The molecule has 0 aliphatic heterocycles. The van der Waals surface area contributed by atoms with Crippen LogP contribution < -0.4 is 15.4 Å². The van der Waals surface area contributed by atoms with E-state index < -0.39 is 58.2 Å². The predicted octanol–water partition coefficient (Wildman–Crippen LogP) is 5.29.